The van der Waals surface area contributed by atoms with Crippen molar-refractivity contribution in [1.29, 1.82) is 0 Å². The van der Waals surface area contributed by atoms with Crippen LogP contribution in [0.4, 0.5) is 10.1 Å². The number of piperidine rings is 1. The van der Waals surface area contributed by atoms with Gasteiger partial charge in [-0.15, -0.1) is 0 Å². The fourth-order valence-electron chi connectivity index (χ4n) is 3.02. The Morgan fingerprint density at radius 1 is 1.09 bits per heavy atom. The lowest BCUT2D eigenvalue weighted by molar-refractivity contribution is 0.237. The molecule has 3 rings (SSSR count). The first-order chi connectivity index (χ1) is 11.3. The largest absolute Gasteiger partial charge is 0.381 e. The molecule has 0 bridgehead atoms. The molecule has 3 heteroatoms. The molecule has 1 aliphatic rings. The molecule has 0 spiro atoms. The van der Waals surface area contributed by atoms with Gasteiger partial charge in [0.1, 0.15) is 5.82 Å². The van der Waals surface area contributed by atoms with E-state index in [0.29, 0.717) is 6.04 Å². The zero-order valence-corrected chi connectivity index (χ0v) is 13.3. The van der Waals surface area contributed by atoms with Crippen molar-refractivity contribution in [2.45, 2.75) is 18.9 Å². The fourth-order valence-corrected chi connectivity index (χ4v) is 3.02. The van der Waals surface area contributed by atoms with Crippen LogP contribution < -0.4 is 5.32 Å². The Kier molecular flexibility index (Phi) is 5.43. The summed E-state index contributed by atoms with van der Waals surface area (Å²) in [4.78, 5) is 2.46. The normalized spacial score (nSPS) is 19.1. The van der Waals surface area contributed by atoms with E-state index in [9.17, 15) is 4.39 Å². The molecule has 120 valence electrons. The van der Waals surface area contributed by atoms with Gasteiger partial charge in [-0.05, 0) is 49.2 Å². The molecule has 1 fully saturated rings. The van der Waals surface area contributed by atoms with Crippen LogP contribution in [0, 0.1) is 5.82 Å². The number of benzene rings is 2. The molecule has 2 aromatic rings. The van der Waals surface area contributed by atoms with Crippen molar-refractivity contribution >= 4 is 11.8 Å². The van der Waals surface area contributed by atoms with Gasteiger partial charge in [-0.25, -0.2) is 4.39 Å². The van der Waals surface area contributed by atoms with Gasteiger partial charge in [-0.3, -0.25) is 4.90 Å². The van der Waals surface area contributed by atoms with Crippen molar-refractivity contribution in [2.75, 3.05) is 25.0 Å². The second kappa shape index (κ2) is 7.93. The molecule has 1 atom stereocenters. The Bertz CT molecular complexity index is 622. The lowest BCUT2D eigenvalue weighted by Crippen LogP contribution is -2.42. The van der Waals surface area contributed by atoms with Crippen LogP contribution in [0.15, 0.2) is 60.7 Å². The van der Waals surface area contributed by atoms with Crippen molar-refractivity contribution in [3.63, 3.8) is 0 Å². The fraction of sp³-hybridized carbons (Fsp3) is 0.300. The molecule has 1 N–H and O–H groups in total. The summed E-state index contributed by atoms with van der Waals surface area (Å²) in [6, 6.07) is 17.5. The third-order valence-corrected chi connectivity index (χ3v) is 4.19. The van der Waals surface area contributed by atoms with Crippen LogP contribution in [0.3, 0.4) is 0 Å². The van der Waals surface area contributed by atoms with Crippen molar-refractivity contribution in [3.8, 4) is 0 Å². The molecule has 0 unspecified atom stereocenters. The van der Waals surface area contributed by atoms with Crippen LogP contribution in [0.2, 0.25) is 0 Å². The van der Waals surface area contributed by atoms with Gasteiger partial charge in [-0.2, -0.15) is 0 Å². The Hall–Kier alpha value is -2.13. The monoisotopic (exact) mass is 310 g/mol. The number of nitrogens with one attached hydrogen (secondary N) is 1. The predicted molar refractivity (Wildman–Crippen MR) is 95.0 cm³/mol. The predicted octanol–water partition coefficient (Wildman–Crippen LogP) is 4.42. The summed E-state index contributed by atoms with van der Waals surface area (Å²) < 4.78 is 12.9. The molecule has 2 aromatic carbocycles. The van der Waals surface area contributed by atoms with Crippen LogP contribution in [0.5, 0.6) is 0 Å². The molecule has 0 radical (unpaired) electrons. The number of hydrogen-bond donors (Lipinski definition) is 1. The molecule has 23 heavy (non-hydrogen) atoms. The van der Waals surface area contributed by atoms with E-state index >= 15 is 0 Å². The number of rotatable bonds is 5. The van der Waals surface area contributed by atoms with Gasteiger partial charge >= 0.3 is 0 Å². The van der Waals surface area contributed by atoms with Gasteiger partial charge in [0.15, 0.2) is 0 Å². The Labute approximate surface area is 137 Å². The maximum Gasteiger partial charge on any atom is 0.123 e. The van der Waals surface area contributed by atoms with Crippen molar-refractivity contribution in [2.24, 2.45) is 0 Å². The van der Waals surface area contributed by atoms with Crippen LogP contribution in [-0.2, 0) is 0 Å². The maximum atomic E-state index is 12.9. The van der Waals surface area contributed by atoms with Crippen LogP contribution in [0.1, 0.15) is 18.4 Å². The number of halogens is 1. The summed E-state index contributed by atoms with van der Waals surface area (Å²) in [7, 11) is 0. The number of para-hydroxylation sites is 1. The van der Waals surface area contributed by atoms with E-state index in [1.165, 1.54) is 30.7 Å². The zero-order chi connectivity index (χ0) is 15.9. The molecule has 2 nitrogen and oxygen atoms in total. The SMILES string of the molecule is Fc1ccc(/C=C/CN2CCC[C@@H](Nc3ccccc3)C2)cc1. The maximum absolute atomic E-state index is 12.9. The minimum absolute atomic E-state index is 0.187. The third-order valence-electron chi connectivity index (χ3n) is 4.19. The van der Waals surface area contributed by atoms with Crippen molar-refractivity contribution < 1.29 is 4.39 Å². The number of nitrogens with zero attached hydrogens (tertiary/aromatic N) is 1. The average molecular weight is 310 g/mol. The standard InChI is InChI=1S/C20H23FN2/c21-18-12-10-17(11-13-18)6-4-14-23-15-5-9-20(16-23)22-19-7-2-1-3-8-19/h1-4,6-8,10-13,20,22H,5,9,14-16H2/b6-4+/t20-/m1/s1. The molecule has 1 heterocycles. The Morgan fingerprint density at radius 2 is 1.87 bits per heavy atom. The van der Waals surface area contributed by atoms with Crippen LogP contribution >= 0.6 is 0 Å². The summed E-state index contributed by atoms with van der Waals surface area (Å²) in [5, 5.41) is 3.62. The molecule has 0 aromatic heterocycles. The summed E-state index contributed by atoms with van der Waals surface area (Å²) in [5.41, 5.74) is 2.24. The van der Waals surface area contributed by atoms with E-state index in [-0.39, 0.29) is 5.82 Å². The van der Waals surface area contributed by atoms with Gasteiger partial charge in [0.05, 0.1) is 0 Å². The average Bonchev–Trinajstić information content (AvgIpc) is 2.58. The molecule has 0 saturated carbocycles. The molecule has 1 aliphatic heterocycles. The van der Waals surface area contributed by atoms with Crippen molar-refractivity contribution in [3.05, 3.63) is 72.1 Å². The first kappa shape index (κ1) is 15.8. The summed E-state index contributed by atoms with van der Waals surface area (Å²) in [6.45, 7) is 3.13. The van der Waals surface area contributed by atoms with Crippen LogP contribution in [0.25, 0.3) is 6.08 Å². The lowest BCUT2D eigenvalue weighted by atomic mass is 10.1. The number of anilines is 1. The van der Waals surface area contributed by atoms with E-state index < -0.39 is 0 Å². The molecule has 1 saturated heterocycles. The Morgan fingerprint density at radius 3 is 2.65 bits per heavy atom. The minimum atomic E-state index is -0.187. The highest BCUT2D eigenvalue weighted by Crippen LogP contribution is 2.16. The first-order valence-electron chi connectivity index (χ1n) is 8.26. The summed E-state index contributed by atoms with van der Waals surface area (Å²) in [5.74, 6) is -0.187. The van der Waals surface area contributed by atoms with Gasteiger partial charge in [-0.1, -0.05) is 42.5 Å². The highest BCUT2D eigenvalue weighted by molar-refractivity contribution is 5.49. The van der Waals surface area contributed by atoms with E-state index in [1.54, 1.807) is 0 Å². The second-order valence-electron chi connectivity index (χ2n) is 6.06. The topological polar surface area (TPSA) is 15.3 Å². The summed E-state index contributed by atoms with van der Waals surface area (Å²) in [6.07, 6.45) is 6.66. The highest BCUT2D eigenvalue weighted by atomic mass is 19.1. The first-order valence-corrected chi connectivity index (χ1v) is 8.26. The second-order valence-corrected chi connectivity index (χ2v) is 6.06. The minimum Gasteiger partial charge on any atom is -0.381 e. The van der Waals surface area contributed by atoms with Gasteiger partial charge in [0.2, 0.25) is 0 Å². The zero-order valence-electron chi connectivity index (χ0n) is 13.3. The molecular formula is C20H23FN2. The molecule has 0 aliphatic carbocycles. The third kappa shape index (κ3) is 4.93. The Balaban J connectivity index is 1.49. The number of likely N-dealkylation sites (tertiary alicyclic amines) is 1. The van der Waals surface area contributed by atoms with E-state index in [0.717, 1.165) is 25.2 Å². The molecule has 0 amide bonds. The highest BCUT2D eigenvalue weighted by Gasteiger charge is 2.18. The summed E-state index contributed by atoms with van der Waals surface area (Å²) >= 11 is 0. The molecular weight excluding hydrogens is 287 g/mol. The quantitative estimate of drug-likeness (QED) is 0.879. The number of hydrogen-bond acceptors (Lipinski definition) is 2. The van der Waals surface area contributed by atoms with E-state index in [2.05, 4.69) is 46.6 Å². The lowest BCUT2D eigenvalue weighted by Gasteiger charge is -2.33. The van der Waals surface area contributed by atoms with E-state index in [1.807, 2.05) is 18.2 Å². The van der Waals surface area contributed by atoms with Gasteiger partial charge in [0.25, 0.3) is 0 Å². The van der Waals surface area contributed by atoms with Crippen LogP contribution in [-0.4, -0.2) is 30.6 Å². The van der Waals surface area contributed by atoms with Gasteiger partial charge < -0.3 is 5.32 Å². The van der Waals surface area contributed by atoms with E-state index in [4.69, 9.17) is 0 Å². The van der Waals surface area contributed by atoms with Crippen molar-refractivity contribution in [1.82, 2.24) is 4.90 Å². The smallest absolute Gasteiger partial charge is 0.123 e. The van der Waals surface area contributed by atoms with Gasteiger partial charge in [0, 0.05) is 24.8 Å².